The Morgan fingerprint density at radius 3 is 2.73 bits per heavy atom. The maximum atomic E-state index is 12.1. The molecule has 0 saturated carbocycles. The number of aryl methyl sites for hydroxylation is 1. The lowest BCUT2D eigenvalue weighted by atomic mass is 10.2. The number of nitrogens with zero attached hydrogens (tertiary/aromatic N) is 5. The van der Waals surface area contributed by atoms with Gasteiger partial charge in [0.05, 0.1) is 0 Å². The number of anilines is 1. The summed E-state index contributed by atoms with van der Waals surface area (Å²) in [5.41, 5.74) is 1.74. The molecule has 0 spiro atoms. The van der Waals surface area contributed by atoms with Crippen LogP contribution in [0.4, 0.5) is 5.69 Å². The summed E-state index contributed by atoms with van der Waals surface area (Å²) in [5, 5.41) is 15.1. The van der Waals surface area contributed by atoms with E-state index < -0.39 is 0 Å². The lowest BCUT2D eigenvalue weighted by molar-refractivity contribution is 0.102. The van der Waals surface area contributed by atoms with Crippen LogP contribution < -0.4 is 5.32 Å². The van der Waals surface area contributed by atoms with Crippen LogP contribution in [0.5, 0.6) is 0 Å². The quantitative estimate of drug-likeness (QED) is 0.801. The molecule has 22 heavy (non-hydrogen) atoms. The van der Waals surface area contributed by atoms with E-state index in [2.05, 4.69) is 25.6 Å². The Morgan fingerprint density at radius 2 is 2.09 bits per heavy atom. The molecular formula is C14H11ClN6O. The predicted molar refractivity (Wildman–Crippen MR) is 81.1 cm³/mol. The van der Waals surface area contributed by atoms with Gasteiger partial charge in [-0.1, -0.05) is 17.7 Å². The molecule has 0 radical (unpaired) electrons. The van der Waals surface area contributed by atoms with Crippen molar-refractivity contribution >= 4 is 23.2 Å². The predicted octanol–water partition coefficient (Wildman–Crippen LogP) is 2.27. The molecule has 2 heterocycles. The molecule has 0 atom stereocenters. The van der Waals surface area contributed by atoms with Gasteiger partial charge in [0.15, 0.2) is 11.5 Å². The minimum absolute atomic E-state index is 0.195. The van der Waals surface area contributed by atoms with Crippen LogP contribution in [0, 0.1) is 6.92 Å². The van der Waals surface area contributed by atoms with Gasteiger partial charge in [-0.25, -0.2) is 9.67 Å². The van der Waals surface area contributed by atoms with Gasteiger partial charge in [0, 0.05) is 10.7 Å². The number of rotatable bonds is 3. The van der Waals surface area contributed by atoms with Gasteiger partial charge < -0.3 is 5.32 Å². The number of halogens is 1. The summed E-state index contributed by atoms with van der Waals surface area (Å²) in [6.07, 6.45) is 2.89. The van der Waals surface area contributed by atoms with E-state index in [1.165, 1.54) is 17.3 Å². The molecule has 3 rings (SSSR count). The van der Waals surface area contributed by atoms with E-state index in [0.717, 1.165) is 5.56 Å². The van der Waals surface area contributed by atoms with E-state index in [1.807, 2.05) is 13.0 Å². The zero-order chi connectivity index (χ0) is 15.5. The molecule has 0 saturated heterocycles. The zero-order valence-corrected chi connectivity index (χ0v) is 12.3. The van der Waals surface area contributed by atoms with Crippen LogP contribution in [-0.2, 0) is 0 Å². The maximum Gasteiger partial charge on any atom is 0.276 e. The number of carbonyl (C=O) groups is 1. The number of hydrogen-bond donors (Lipinski definition) is 1. The van der Waals surface area contributed by atoms with Gasteiger partial charge in [0.1, 0.15) is 12.7 Å². The highest BCUT2D eigenvalue weighted by atomic mass is 35.5. The number of amides is 1. The molecule has 8 heteroatoms. The third-order valence-corrected chi connectivity index (χ3v) is 3.37. The first-order valence-electron chi connectivity index (χ1n) is 6.40. The van der Waals surface area contributed by atoms with E-state index in [1.54, 1.807) is 24.3 Å². The lowest BCUT2D eigenvalue weighted by Gasteiger charge is -2.06. The Labute approximate surface area is 131 Å². The minimum atomic E-state index is -0.363. The fraction of sp³-hybridized carbons (Fsp3) is 0.0714. The van der Waals surface area contributed by atoms with Crippen LogP contribution in [0.25, 0.3) is 5.82 Å². The van der Waals surface area contributed by atoms with Crippen molar-refractivity contribution in [2.75, 3.05) is 5.32 Å². The van der Waals surface area contributed by atoms with Crippen LogP contribution in [-0.4, -0.2) is 30.9 Å². The Bertz CT molecular complexity index is 801. The van der Waals surface area contributed by atoms with Crippen molar-refractivity contribution < 1.29 is 4.79 Å². The highest BCUT2D eigenvalue weighted by molar-refractivity contribution is 6.31. The lowest BCUT2D eigenvalue weighted by Crippen LogP contribution is -2.15. The first kappa shape index (κ1) is 14.2. The summed E-state index contributed by atoms with van der Waals surface area (Å²) in [4.78, 5) is 15.9. The summed E-state index contributed by atoms with van der Waals surface area (Å²) in [7, 11) is 0. The fourth-order valence-electron chi connectivity index (χ4n) is 1.76. The molecule has 0 unspecified atom stereocenters. The second kappa shape index (κ2) is 5.90. The molecule has 1 amide bonds. The van der Waals surface area contributed by atoms with Crippen LogP contribution in [0.3, 0.4) is 0 Å². The second-order valence-corrected chi connectivity index (χ2v) is 4.94. The molecule has 110 valence electrons. The van der Waals surface area contributed by atoms with Crippen molar-refractivity contribution in [2.45, 2.75) is 6.92 Å². The summed E-state index contributed by atoms with van der Waals surface area (Å²) in [6, 6.07) is 8.49. The highest BCUT2D eigenvalue weighted by Crippen LogP contribution is 2.20. The van der Waals surface area contributed by atoms with Crippen molar-refractivity contribution in [3.63, 3.8) is 0 Å². The third-order valence-electron chi connectivity index (χ3n) is 2.97. The molecule has 0 aliphatic carbocycles. The number of hydrogen-bond acceptors (Lipinski definition) is 5. The molecule has 2 aromatic heterocycles. The highest BCUT2D eigenvalue weighted by Gasteiger charge is 2.10. The Balaban J connectivity index is 1.76. The van der Waals surface area contributed by atoms with E-state index in [0.29, 0.717) is 16.5 Å². The average Bonchev–Trinajstić information content (AvgIpc) is 3.05. The molecule has 3 aromatic rings. The van der Waals surface area contributed by atoms with Gasteiger partial charge in [0.25, 0.3) is 5.91 Å². The van der Waals surface area contributed by atoms with Crippen molar-refractivity contribution in [3.8, 4) is 5.82 Å². The van der Waals surface area contributed by atoms with Crippen molar-refractivity contribution in [2.24, 2.45) is 0 Å². The number of nitrogens with one attached hydrogen (secondary N) is 1. The van der Waals surface area contributed by atoms with E-state index in [4.69, 9.17) is 11.6 Å². The Morgan fingerprint density at radius 1 is 1.23 bits per heavy atom. The molecule has 0 bridgehead atoms. The molecule has 0 aliphatic heterocycles. The summed E-state index contributed by atoms with van der Waals surface area (Å²) >= 11 is 6.03. The van der Waals surface area contributed by atoms with Gasteiger partial charge in [-0.2, -0.15) is 5.10 Å². The Kier molecular flexibility index (Phi) is 3.80. The van der Waals surface area contributed by atoms with Crippen LogP contribution >= 0.6 is 11.6 Å². The maximum absolute atomic E-state index is 12.1. The van der Waals surface area contributed by atoms with E-state index in [-0.39, 0.29) is 11.6 Å². The average molecular weight is 315 g/mol. The van der Waals surface area contributed by atoms with Crippen LogP contribution in [0.15, 0.2) is 43.0 Å². The van der Waals surface area contributed by atoms with Gasteiger partial charge in [-0.15, -0.1) is 10.2 Å². The van der Waals surface area contributed by atoms with Crippen molar-refractivity contribution in [1.29, 1.82) is 0 Å². The number of carbonyl (C=O) groups excluding carboxylic acids is 1. The van der Waals surface area contributed by atoms with Crippen molar-refractivity contribution in [3.05, 3.63) is 59.3 Å². The molecule has 0 fully saturated rings. The normalized spacial score (nSPS) is 10.5. The number of aromatic nitrogens is 5. The molecule has 0 aliphatic rings. The summed E-state index contributed by atoms with van der Waals surface area (Å²) < 4.78 is 1.45. The van der Waals surface area contributed by atoms with E-state index in [9.17, 15) is 4.79 Å². The van der Waals surface area contributed by atoms with Gasteiger partial charge >= 0.3 is 0 Å². The SMILES string of the molecule is Cc1ccc(NC(=O)c2ccc(-n3cncn3)nn2)cc1Cl. The van der Waals surface area contributed by atoms with Gasteiger partial charge in [-0.05, 0) is 36.8 Å². The first-order chi connectivity index (χ1) is 10.6. The zero-order valence-electron chi connectivity index (χ0n) is 11.6. The topological polar surface area (TPSA) is 85.6 Å². The van der Waals surface area contributed by atoms with Crippen molar-refractivity contribution in [1.82, 2.24) is 25.0 Å². The monoisotopic (exact) mass is 314 g/mol. The third kappa shape index (κ3) is 2.94. The van der Waals surface area contributed by atoms with Gasteiger partial charge in [0.2, 0.25) is 0 Å². The van der Waals surface area contributed by atoms with Crippen LogP contribution in [0.1, 0.15) is 16.1 Å². The largest absolute Gasteiger partial charge is 0.321 e. The summed E-state index contributed by atoms with van der Waals surface area (Å²) in [6.45, 7) is 1.89. The van der Waals surface area contributed by atoms with Crippen LogP contribution in [0.2, 0.25) is 5.02 Å². The Hall–Kier alpha value is -2.80. The molecule has 1 aromatic carbocycles. The standard InChI is InChI=1S/C14H11ClN6O/c1-9-2-3-10(6-11(9)15)18-14(22)12-4-5-13(20-19-12)21-8-16-7-17-21/h2-8H,1H3,(H,18,22). The second-order valence-electron chi connectivity index (χ2n) is 4.53. The van der Waals surface area contributed by atoms with Gasteiger partial charge in [-0.3, -0.25) is 4.79 Å². The smallest absolute Gasteiger partial charge is 0.276 e. The molecular weight excluding hydrogens is 304 g/mol. The fourth-order valence-corrected chi connectivity index (χ4v) is 1.94. The molecule has 1 N–H and O–H groups in total. The van der Waals surface area contributed by atoms with E-state index >= 15 is 0 Å². The summed E-state index contributed by atoms with van der Waals surface area (Å²) in [5.74, 6) is 0.116. The minimum Gasteiger partial charge on any atom is -0.321 e. The first-order valence-corrected chi connectivity index (χ1v) is 6.77. The molecule has 7 nitrogen and oxygen atoms in total. The number of benzene rings is 1.